The number of halogens is 2. The molecule has 0 atom stereocenters. The second kappa shape index (κ2) is 5.79. The van der Waals surface area contributed by atoms with Crippen molar-refractivity contribution in [2.45, 2.75) is 0 Å². The van der Waals surface area contributed by atoms with Crippen molar-refractivity contribution in [1.82, 2.24) is 10.2 Å². The van der Waals surface area contributed by atoms with Crippen LogP contribution in [0.5, 0.6) is 0 Å². The van der Waals surface area contributed by atoms with E-state index in [4.69, 9.17) is 23.2 Å². The molecule has 2 aromatic carbocycles. The lowest BCUT2D eigenvalue weighted by Crippen LogP contribution is -2.19. The lowest BCUT2D eigenvalue weighted by Gasteiger charge is -2.09. The molecule has 0 aliphatic rings. The third-order valence-corrected chi connectivity index (χ3v) is 3.93. The number of aromatic nitrogens is 2. The van der Waals surface area contributed by atoms with Crippen LogP contribution in [0.1, 0.15) is 10.5 Å². The maximum atomic E-state index is 12.4. The largest absolute Gasteiger partial charge is 0.319 e. The Kier molecular flexibility index (Phi) is 3.83. The Balaban J connectivity index is 2.05. The fraction of sp³-hybridized carbons (Fsp3) is 0. The van der Waals surface area contributed by atoms with Crippen molar-refractivity contribution in [3.63, 3.8) is 0 Å². The van der Waals surface area contributed by atoms with Crippen LogP contribution >= 0.6 is 23.2 Å². The van der Waals surface area contributed by atoms with Gasteiger partial charge >= 0.3 is 0 Å². The van der Waals surface area contributed by atoms with Crippen molar-refractivity contribution >= 4 is 45.6 Å². The van der Waals surface area contributed by atoms with Crippen LogP contribution in [0, 0.1) is 0 Å². The first-order valence-corrected chi connectivity index (χ1v) is 7.06. The Hall–Kier alpha value is -2.37. The van der Waals surface area contributed by atoms with Crippen molar-refractivity contribution in [3.05, 3.63) is 68.6 Å². The van der Waals surface area contributed by atoms with Gasteiger partial charge in [0, 0.05) is 5.39 Å². The van der Waals surface area contributed by atoms with Gasteiger partial charge in [-0.15, -0.1) is 0 Å². The maximum absolute atomic E-state index is 12.4. The molecule has 110 valence electrons. The number of nitrogens with zero attached hydrogens (tertiary/aromatic N) is 1. The van der Waals surface area contributed by atoms with Gasteiger partial charge in [-0.2, -0.15) is 5.10 Å². The average Bonchev–Trinajstić information content (AvgIpc) is 2.52. The minimum Gasteiger partial charge on any atom is -0.319 e. The summed E-state index contributed by atoms with van der Waals surface area (Å²) in [6.07, 6.45) is 0. The molecule has 0 bridgehead atoms. The van der Waals surface area contributed by atoms with E-state index in [0.717, 1.165) is 0 Å². The monoisotopic (exact) mass is 333 g/mol. The molecule has 22 heavy (non-hydrogen) atoms. The quantitative estimate of drug-likeness (QED) is 0.753. The molecular weight excluding hydrogens is 325 g/mol. The Morgan fingerprint density at radius 3 is 2.55 bits per heavy atom. The molecule has 0 spiro atoms. The third-order valence-electron chi connectivity index (χ3n) is 3.11. The fourth-order valence-corrected chi connectivity index (χ4v) is 2.42. The zero-order chi connectivity index (χ0) is 15.7. The molecule has 3 aromatic rings. The Morgan fingerprint density at radius 1 is 1.05 bits per heavy atom. The molecule has 0 aliphatic carbocycles. The molecule has 0 fully saturated rings. The number of hydrogen-bond acceptors (Lipinski definition) is 3. The molecule has 0 saturated heterocycles. The topological polar surface area (TPSA) is 74.8 Å². The lowest BCUT2D eigenvalue weighted by atomic mass is 10.1. The molecule has 1 heterocycles. The molecule has 0 unspecified atom stereocenters. The third kappa shape index (κ3) is 2.56. The van der Waals surface area contributed by atoms with Gasteiger partial charge in [0.15, 0.2) is 5.69 Å². The Morgan fingerprint density at radius 2 is 1.77 bits per heavy atom. The summed E-state index contributed by atoms with van der Waals surface area (Å²) in [6.45, 7) is 0. The van der Waals surface area contributed by atoms with Crippen LogP contribution in [-0.4, -0.2) is 16.1 Å². The van der Waals surface area contributed by atoms with Gasteiger partial charge in [-0.25, -0.2) is 5.10 Å². The first-order chi connectivity index (χ1) is 10.6. The van der Waals surface area contributed by atoms with E-state index in [0.29, 0.717) is 21.5 Å². The molecule has 2 N–H and O–H groups in total. The summed E-state index contributed by atoms with van der Waals surface area (Å²) in [5.74, 6) is -0.489. The van der Waals surface area contributed by atoms with Crippen LogP contribution in [0.4, 0.5) is 5.69 Å². The van der Waals surface area contributed by atoms with Crippen molar-refractivity contribution in [2.24, 2.45) is 0 Å². The summed E-state index contributed by atoms with van der Waals surface area (Å²) in [6, 6.07) is 11.6. The van der Waals surface area contributed by atoms with E-state index in [1.807, 2.05) is 0 Å². The zero-order valence-corrected chi connectivity index (χ0v) is 12.6. The van der Waals surface area contributed by atoms with E-state index < -0.39 is 5.91 Å². The number of nitrogens with one attached hydrogen (secondary N) is 2. The zero-order valence-electron chi connectivity index (χ0n) is 11.1. The van der Waals surface area contributed by atoms with Crippen LogP contribution in [0.15, 0.2) is 47.3 Å². The minimum absolute atomic E-state index is 0.103. The first kappa shape index (κ1) is 14.6. The van der Waals surface area contributed by atoms with E-state index in [9.17, 15) is 9.59 Å². The molecule has 5 nitrogen and oxygen atoms in total. The molecule has 0 saturated carbocycles. The normalized spacial score (nSPS) is 10.6. The number of benzene rings is 2. The van der Waals surface area contributed by atoms with Gasteiger partial charge in [0.05, 0.1) is 21.1 Å². The highest BCUT2D eigenvalue weighted by Crippen LogP contribution is 2.30. The molecular formula is C15H9Cl2N3O2. The summed E-state index contributed by atoms with van der Waals surface area (Å²) in [5.41, 5.74) is 0.121. The van der Waals surface area contributed by atoms with Crippen LogP contribution in [0.2, 0.25) is 10.0 Å². The van der Waals surface area contributed by atoms with E-state index in [2.05, 4.69) is 15.5 Å². The number of fused-ring (bicyclic) bond motifs is 1. The highest BCUT2D eigenvalue weighted by atomic mass is 35.5. The SMILES string of the molecule is O=C(Nc1cccc(Cl)c1Cl)c1n[nH]c(=O)c2ccccc12. The average molecular weight is 334 g/mol. The summed E-state index contributed by atoms with van der Waals surface area (Å²) in [5, 5.41) is 10.2. The standard InChI is InChI=1S/C15H9Cl2N3O2/c16-10-6-3-7-11(12(10)17)18-15(22)13-8-4-1-2-5-9(8)14(21)20-19-13/h1-7H,(H,18,22)(H,20,21). The number of carbonyl (C=O) groups excluding carboxylic acids is 1. The number of anilines is 1. The molecule has 1 aromatic heterocycles. The molecule has 0 radical (unpaired) electrons. The van der Waals surface area contributed by atoms with Crippen molar-refractivity contribution in [1.29, 1.82) is 0 Å². The van der Waals surface area contributed by atoms with Gasteiger partial charge in [-0.05, 0) is 18.2 Å². The number of rotatable bonds is 2. The van der Waals surface area contributed by atoms with Crippen molar-refractivity contribution in [2.75, 3.05) is 5.32 Å². The predicted octanol–water partition coefficient (Wildman–Crippen LogP) is 3.48. The van der Waals surface area contributed by atoms with Crippen LogP contribution in [-0.2, 0) is 0 Å². The van der Waals surface area contributed by atoms with Gasteiger partial charge in [-0.1, -0.05) is 47.5 Å². The summed E-state index contributed by atoms with van der Waals surface area (Å²) >= 11 is 12.0. The predicted molar refractivity (Wildman–Crippen MR) is 86.8 cm³/mol. The van der Waals surface area contributed by atoms with E-state index in [1.165, 1.54) is 0 Å². The lowest BCUT2D eigenvalue weighted by molar-refractivity contribution is 0.102. The van der Waals surface area contributed by atoms with E-state index >= 15 is 0 Å². The second-order valence-electron chi connectivity index (χ2n) is 4.50. The van der Waals surface area contributed by atoms with Crippen molar-refractivity contribution < 1.29 is 4.79 Å². The number of aromatic amines is 1. The van der Waals surface area contributed by atoms with Crippen LogP contribution in [0.25, 0.3) is 10.8 Å². The number of hydrogen-bond donors (Lipinski definition) is 2. The molecule has 1 amide bonds. The molecule has 0 aliphatic heterocycles. The van der Waals surface area contributed by atoms with E-state index in [-0.39, 0.29) is 16.3 Å². The smallest absolute Gasteiger partial charge is 0.276 e. The van der Waals surface area contributed by atoms with Gasteiger partial charge in [0.2, 0.25) is 0 Å². The van der Waals surface area contributed by atoms with Crippen molar-refractivity contribution in [3.8, 4) is 0 Å². The van der Waals surface area contributed by atoms with Crippen LogP contribution in [0.3, 0.4) is 0 Å². The highest BCUT2D eigenvalue weighted by Gasteiger charge is 2.15. The van der Waals surface area contributed by atoms with Gasteiger partial charge in [0.1, 0.15) is 0 Å². The van der Waals surface area contributed by atoms with Gasteiger partial charge in [-0.3, -0.25) is 9.59 Å². The first-order valence-electron chi connectivity index (χ1n) is 6.30. The maximum Gasteiger partial charge on any atom is 0.276 e. The molecule has 7 heteroatoms. The van der Waals surface area contributed by atoms with E-state index in [1.54, 1.807) is 42.5 Å². The second-order valence-corrected chi connectivity index (χ2v) is 5.29. The number of amides is 1. The summed E-state index contributed by atoms with van der Waals surface area (Å²) in [7, 11) is 0. The summed E-state index contributed by atoms with van der Waals surface area (Å²) in [4.78, 5) is 24.1. The van der Waals surface area contributed by atoms with Crippen LogP contribution < -0.4 is 10.9 Å². The number of carbonyl (C=O) groups is 1. The fourth-order valence-electron chi connectivity index (χ4n) is 2.07. The molecule has 3 rings (SSSR count). The Bertz CT molecular complexity index is 937. The Labute approximate surface area is 134 Å². The summed E-state index contributed by atoms with van der Waals surface area (Å²) < 4.78 is 0. The number of H-pyrrole nitrogens is 1. The van der Waals surface area contributed by atoms with Gasteiger partial charge in [0.25, 0.3) is 11.5 Å². The highest BCUT2D eigenvalue weighted by molar-refractivity contribution is 6.44. The van der Waals surface area contributed by atoms with Gasteiger partial charge < -0.3 is 5.32 Å². The minimum atomic E-state index is -0.489.